The Morgan fingerprint density at radius 3 is 2.88 bits per heavy atom. The zero-order valence-electron chi connectivity index (χ0n) is 9.40. The van der Waals surface area contributed by atoms with Crippen LogP contribution in [-0.4, -0.2) is 35.6 Å². The molecule has 0 bridgehead atoms. The molecular formula is C10H16Cl2N4. The minimum Gasteiger partial charge on any atom is -0.338 e. The number of hydrogen-bond acceptors (Lipinski definition) is 4. The van der Waals surface area contributed by atoms with Crippen LogP contribution in [0.4, 0.5) is 5.95 Å². The van der Waals surface area contributed by atoms with Crippen LogP contribution in [0.5, 0.6) is 0 Å². The first-order valence-electron chi connectivity index (χ1n) is 5.14. The van der Waals surface area contributed by atoms with Crippen molar-refractivity contribution in [3.05, 3.63) is 16.9 Å². The van der Waals surface area contributed by atoms with Gasteiger partial charge in [0, 0.05) is 31.4 Å². The standard InChI is InChI=1S/C10H15ClN4.ClH/c1-7-5-9(11)14-10(13-7)15-4-3-12-8(2)6-15;/h5,8,12H,3-4,6H2,1-2H3;1H. The molecule has 1 aromatic rings. The molecule has 0 aromatic carbocycles. The molecule has 1 aliphatic rings. The molecule has 1 aromatic heterocycles. The smallest absolute Gasteiger partial charge is 0.227 e. The van der Waals surface area contributed by atoms with E-state index in [-0.39, 0.29) is 12.4 Å². The van der Waals surface area contributed by atoms with Crippen LogP contribution in [0.25, 0.3) is 0 Å². The molecule has 0 radical (unpaired) electrons. The van der Waals surface area contributed by atoms with E-state index in [9.17, 15) is 0 Å². The molecule has 2 heterocycles. The van der Waals surface area contributed by atoms with Crippen LogP contribution in [0.2, 0.25) is 5.15 Å². The Labute approximate surface area is 107 Å². The average molecular weight is 263 g/mol. The van der Waals surface area contributed by atoms with Crippen LogP contribution in [0.3, 0.4) is 0 Å². The molecule has 16 heavy (non-hydrogen) atoms. The summed E-state index contributed by atoms with van der Waals surface area (Å²) in [5.74, 6) is 0.744. The van der Waals surface area contributed by atoms with Crippen molar-refractivity contribution in [2.45, 2.75) is 19.9 Å². The fourth-order valence-corrected chi connectivity index (χ4v) is 2.00. The van der Waals surface area contributed by atoms with E-state index in [1.165, 1.54) is 0 Å². The van der Waals surface area contributed by atoms with Crippen LogP contribution in [0, 0.1) is 6.92 Å². The van der Waals surface area contributed by atoms with E-state index in [1.807, 2.05) is 6.92 Å². The lowest BCUT2D eigenvalue weighted by Gasteiger charge is -2.31. The normalized spacial score (nSPS) is 20.4. The summed E-state index contributed by atoms with van der Waals surface area (Å²) in [7, 11) is 0. The molecule has 1 N–H and O–H groups in total. The maximum Gasteiger partial charge on any atom is 0.227 e. The zero-order chi connectivity index (χ0) is 10.8. The second kappa shape index (κ2) is 5.66. The average Bonchev–Trinajstić information content (AvgIpc) is 2.16. The molecule has 4 nitrogen and oxygen atoms in total. The topological polar surface area (TPSA) is 41.1 Å². The highest BCUT2D eigenvalue weighted by Crippen LogP contribution is 2.15. The molecule has 1 aliphatic heterocycles. The first kappa shape index (κ1) is 13.5. The Morgan fingerprint density at radius 2 is 2.25 bits per heavy atom. The summed E-state index contributed by atoms with van der Waals surface area (Å²) in [6, 6.07) is 2.25. The Morgan fingerprint density at radius 1 is 1.50 bits per heavy atom. The molecule has 1 unspecified atom stereocenters. The summed E-state index contributed by atoms with van der Waals surface area (Å²) in [5, 5.41) is 3.90. The van der Waals surface area contributed by atoms with E-state index >= 15 is 0 Å². The number of aromatic nitrogens is 2. The monoisotopic (exact) mass is 262 g/mol. The van der Waals surface area contributed by atoms with Gasteiger partial charge in [0.2, 0.25) is 5.95 Å². The van der Waals surface area contributed by atoms with E-state index in [0.29, 0.717) is 11.2 Å². The van der Waals surface area contributed by atoms with Gasteiger partial charge < -0.3 is 10.2 Å². The molecule has 0 spiro atoms. The minimum atomic E-state index is 0. The highest BCUT2D eigenvalue weighted by atomic mass is 35.5. The third kappa shape index (κ3) is 3.20. The quantitative estimate of drug-likeness (QED) is 0.782. The number of hydrogen-bond donors (Lipinski definition) is 1. The number of nitrogens with one attached hydrogen (secondary N) is 1. The summed E-state index contributed by atoms with van der Waals surface area (Å²) < 4.78 is 0. The van der Waals surface area contributed by atoms with Crippen molar-refractivity contribution in [3.8, 4) is 0 Å². The number of rotatable bonds is 1. The predicted molar refractivity (Wildman–Crippen MR) is 68.7 cm³/mol. The van der Waals surface area contributed by atoms with Gasteiger partial charge in [0.1, 0.15) is 5.15 Å². The minimum absolute atomic E-state index is 0. The van der Waals surface area contributed by atoms with Gasteiger partial charge in [-0.2, -0.15) is 0 Å². The first-order valence-corrected chi connectivity index (χ1v) is 5.52. The highest BCUT2D eigenvalue weighted by Gasteiger charge is 2.18. The van der Waals surface area contributed by atoms with Crippen molar-refractivity contribution < 1.29 is 0 Å². The summed E-state index contributed by atoms with van der Waals surface area (Å²) >= 11 is 5.91. The van der Waals surface area contributed by atoms with Crippen molar-refractivity contribution in [1.29, 1.82) is 0 Å². The van der Waals surface area contributed by atoms with E-state index in [2.05, 4.69) is 27.1 Å². The number of anilines is 1. The SMILES string of the molecule is Cc1cc(Cl)nc(N2CCNC(C)C2)n1.Cl. The molecule has 0 aliphatic carbocycles. The largest absolute Gasteiger partial charge is 0.338 e. The number of aryl methyl sites for hydroxylation is 1. The van der Waals surface area contributed by atoms with Gasteiger partial charge in [-0.1, -0.05) is 11.6 Å². The Bertz CT molecular complexity index is 338. The van der Waals surface area contributed by atoms with Crippen LogP contribution < -0.4 is 10.2 Å². The molecule has 0 saturated carbocycles. The van der Waals surface area contributed by atoms with Gasteiger partial charge in [-0.15, -0.1) is 12.4 Å². The van der Waals surface area contributed by atoms with Gasteiger partial charge in [0.15, 0.2) is 0 Å². The third-order valence-corrected chi connectivity index (χ3v) is 2.66. The maximum atomic E-state index is 5.91. The predicted octanol–water partition coefficient (Wildman–Crippen LogP) is 1.66. The Hall–Kier alpha value is -0.580. The van der Waals surface area contributed by atoms with Crippen molar-refractivity contribution in [2.75, 3.05) is 24.5 Å². The van der Waals surface area contributed by atoms with Gasteiger partial charge in [-0.3, -0.25) is 0 Å². The van der Waals surface area contributed by atoms with E-state index in [1.54, 1.807) is 6.07 Å². The maximum absolute atomic E-state index is 5.91. The van der Waals surface area contributed by atoms with E-state index in [0.717, 1.165) is 31.3 Å². The lowest BCUT2D eigenvalue weighted by Crippen LogP contribution is -2.49. The second-order valence-electron chi connectivity index (χ2n) is 3.93. The molecule has 90 valence electrons. The first-order chi connectivity index (χ1) is 7.15. The second-order valence-corrected chi connectivity index (χ2v) is 4.32. The van der Waals surface area contributed by atoms with E-state index in [4.69, 9.17) is 11.6 Å². The zero-order valence-corrected chi connectivity index (χ0v) is 11.0. The lowest BCUT2D eigenvalue weighted by atomic mass is 10.2. The molecule has 1 fully saturated rings. The van der Waals surface area contributed by atoms with Crippen molar-refractivity contribution in [1.82, 2.24) is 15.3 Å². The Kier molecular flexibility index (Phi) is 4.77. The van der Waals surface area contributed by atoms with Gasteiger partial charge in [0.05, 0.1) is 0 Å². The number of halogens is 2. The molecular weight excluding hydrogens is 247 g/mol. The molecule has 1 saturated heterocycles. The van der Waals surface area contributed by atoms with E-state index < -0.39 is 0 Å². The molecule has 0 amide bonds. The highest BCUT2D eigenvalue weighted by molar-refractivity contribution is 6.29. The van der Waals surface area contributed by atoms with Crippen molar-refractivity contribution in [2.24, 2.45) is 0 Å². The van der Waals surface area contributed by atoms with Crippen molar-refractivity contribution >= 4 is 30.0 Å². The summed E-state index contributed by atoms with van der Waals surface area (Å²) in [6.45, 7) is 6.92. The summed E-state index contributed by atoms with van der Waals surface area (Å²) in [4.78, 5) is 10.8. The van der Waals surface area contributed by atoms with Gasteiger partial charge in [-0.25, -0.2) is 9.97 Å². The van der Waals surface area contributed by atoms with Gasteiger partial charge >= 0.3 is 0 Å². The fraction of sp³-hybridized carbons (Fsp3) is 0.600. The van der Waals surface area contributed by atoms with Crippen LogP contribution >= 0.6 is 24.0 Å². The van der Waals surface area contributed by atoms with Gasteiger partial charge in [-0.05, 0) is 19.9 Å². The molecule has 2 rings (SSSR count). The van der Waals surface area contributed by atoms with Crippen molar-refractivity contribution in [3.63, 3.8) is 0 Å². The Balaban J connectivity index is 0.00000128. The number of nitrogens with zero attached hydrogens (tertiary/aromatic N) is 3. The number of piperazine rings is 1. The van der Waals surface area contributed by atoms with Crippen LogP contribution in [0.15, 0.2) is 6.07 Å². The van der Waals surface area contributed by atoms with Gasteiger partial charge in [0.25, 0.3) is 0 Å². The lowest BCUT2D eigenvalue weighted by molar-refractivity contribution is 0.479. The molecule has 1 atom stereocenters. The summed E-state index contributed by atoms with van der Waals surface area (Å²) in [6.07, 6.45) is 0. The molecule has 6 heteroatoms. The van der Waals surface area contributed by atoms with Crippen LogP contribution in [-0.2, 0) is 0 Å². The summed E-state index contributed by atoms with van der Waals surface area (Å²) in [5.41, 5.74) is 0.913. The third-order valence-electron chi connectivity index (χ3n) is 2.46. The van der Waals surface area contributed by atoms with Crippen LogP contribution in [0.1, 0.15) is 12.6 Å². The fourth-order valence-electron chi connectivity index (χ4n) is 1.77.